The Balaban J connectivity index is 1.50. The van der Waals surface area contributed by atoms with Crippen LogP contribution >= 0.6 is 0 Å². The van der Waals surface area contributed by atoms with Crippen LogP contribution in [0.5, 0.6) is 0 Å². The van der Waals surface area contributed by atoms with Crippen molar-refractivity contribution >= 4 is 5.82 Å². The Morgan fingerprint density at radius 2 is 2.23 bits per heavy atom. The Hall–Kier alpha value is -1.98. The second kappa shape index (κ2) is 7.33. The lowest BCUT2D eigenvalue weighted by Gasteiger charge is -2.33. The first-order chi connectivity index (χ1) is 10.8. The van der Waals surface area contributed by atoms with Gasteiger partial charge in [0.15, 0.2) is 0 Å². The van der Waals surface area contributed by atoms with E-state index in [9.17, 15) is 0 Å². The van der Waals surface area contributed by atoms with E-state index in [1.54, 1.807) is 6.20 Å². The maximum absolute atomic E-state index is 5.89. The van der Waals surface area contributed by atoms with Crippen molar-refractivity contribution in [3.63, 3.8) is 0 Å². The van der Waals surface area contributed by atoms with Gasteiger partial charge in [-0.3, -0.25) is 9.88 Å². The minimum atomic E-state index is 0.278. The summed E-state index contributed by atoms with van der Waals surface area (Å²) in [4.78, 5) is 10.6. The van der Waals surface area contributed by atoms with Crippen LogP contribution in [0.15, 0.2) is 42.9 Å². The van der Waals surface area contributed by atoms with Gasteiger partial charge in [0.25, 0.3) is 0 Å². The number of nitrogens with zero attached hydrogens (tertiary/aromatic N) is 3. The molecule has 2 N–H and O–H groups in total. The van der Waals surface area contributed by atoms with Crippen LogP contribution in [0, 0.1) is 0 Å². The summed E-state index contributed by atoms with van der Waals surface area (Å²) in [5.41, 5.74) is 8.20. The first-order valence-corrected chi connectivity index (χ1v) is 7.73. The van der Waals surface area contributed by atoms with E-state index in [4.69, 9.17) is 10.5 Å². The van der Waals surface area contributed by atoms with E-state index < -0.39 is 0 Å². The van der Waals surface area contributed by atoms with Crippen LogP contribution in [0.25, 0.3) is 0 Å². The second-order valence-electron chi connectivity index (χ2n) is 5.72. The average Bonchev–Trinajstić information content (AvgIpc) is 2.54. The largest absolute Gasteiger partial charge is 0.384 e. The van der Waals surface area contributed by atoms with E-state index in [1.165, 1.54) is 11.1 Å². The van der Waals surface area contributed by atoms with Crippen LogP contribution in [0.4, 0.5) is 5.82 Å². The Morgan fingerprint density at radius 1 is 1.27 bits per heavy atom. The number of aryl methyl sites for hydroxylation is 1. The fourth-order valence-corrected chi connectivity index (χ4v) is 2.83. The normalized spacial score (nSPS) is 19.2. The molecule has 0 aliphatic carbocycles. The number of aromatic nitrogens is 2. The molecule has 5 heteroatoms. The molecule has 1 atom stereocenters. The topological polar surface area (TPSA) is 64.3 Å². The van der Waals surface area contributed by atoms with E-state index in [0.717, 1.165) is 39.1 Å². The fourth-order valence-electron chi connectivity index (χ4n) is 2.83. The van der Waals surface area contributed by atoms with E-state index in [0.29, 0.717) is 5.82 Å². The highest BCUT2D eigenvalue weighted by atomic mass is 16.5. The number of hydrogen-bond donors (Lipinski definition) is 1. The van der Waals surface area contributed by atoms with Crippen molar-refractivity contribution in [2.24, 2.45) is 0 Å². The Morgan fingerprint density at radius 3 is 3.05 bits per heavy atom. The zero-order valence-corrected chi connectivity index (χ0v) is 12.7. The number of nitrogen functional groups attached to an aromatic ring is 1. The highest BCUT2D eigenvalue weighted by Crippen LogP contribution is 2.15. The molecule has 0 saturated carbocycles. The van der Waals surface area contributed by atoms with Crippen molar-refractivity contribution in [2.45, 2.75) is 25.5 Å². The lowest BCUT2D eigenvalue weighted by molar-refractivity contribution is -0.0346. The van der Waals surface area contributed by atoms with E-state index in [-0.39, 0.29) is 6.10 Å². The molecular formula is C17H22N4O. The predicted molar refractivity (Wildman–Crippen MR) is 86.2 cm³/mol. The van der Waals surface area contributed by atoms with Gasteiger partial charge in [0.2, 0.25) is 0 Å². The van der Waals surface area contributed by atoms with Crippen LogP contribution in [-0.4, -0.2) is 40.7 Å². The maximum atomic E-state index is 5.89. The molecule has 0 spiro atoms. The van der Waals surface area contributed by atoms with Crippen molar-refractivity contribution in [2.75, 3.05) is 25.4 Å². The van der Waals surface area contributed by atoms with Crippen LogP contribution in [0.3, 0.4) is 0 Å². The molecule has 0 radical (unpaired) electrons. The monoisotopic (exact) mass is 298 g/mol. The number of nitrogens with two attached hydrogens (primary N) is 1. The van der Waals surface area contributed by atoms with Gasteiger partial charge >= 0.3 is 0 Å². The summed E-state index contributed by atoms with van der Waals surface area (Å²) in [6.45, 7) is 3.68. The lowest BCUT2D eigenvalue weighted by atomic mass is 10.1. The highest BCUT2D eigenvalue weighted by Gasteiger charge is 2.20. The van der Waals surface area contributed by atoms with Crippen LogP contribution in [-0.2, 0) is 17.7 Å². The van der Waals surface area contributed by atoms with E-state index >= 15 is 0 Å². The summed E-state index contributed by atoms with van der Waals surface area (Å²) in [6, 6.07) is 8.07. The molecule has 0 unspecified atom stereocenters. The number of pyridine rings is 2. The summed E-state index contributed by atoms with van der Waals surface area (Å²) in [5.74, 6) is 0.584. The van der Waals surface area contributed by atoms with Crippen LogP contribution < -0.4 is 5.73 Å². The Bertz CT molecular complexity index is 590. The molecule has 3 rings (SSSR count). The third kappa shape index (κ3) is 4.26. The van der Waals surface area contributed by atoms with Gasteiger partial charge in [0.05, 0.1) is 12.7 Å². The summed E-state index contributed by atoms with van der Waals surface area (Å²) >= 11 is 0. The van der Waals surface area contributed by atoms with Crippen LogP contribution in [0.2, 0.25) is 0 Å². The molecule has 5 nitrogen and oxygen atoms in total. The molecule has 2 aromatic rings. The van der Waals surface area contributed by atoms with E-state index in [2.05, 4.69) is 20.9 Å². The molecule has 0 bridgehead atoms. The average molecular weight is 298 g/mol. The summed E-state index contributed by atoms with van der Waals surface area (Å²) in [5, 5.41) is 0. The molecule has 2 aromatic heterocycles. The molecule has 1 saturated heterocycles. The Kier molecular flexibility index (Phi) is 4.98. The minimum Gasteiger partial charge on any atom is -0.384 e. The number of anilines is 1. The summed E-state index contributed by atoms with van der Waals surface area (Å²) in [6.07, 6.45) is 7.77. The first kappa shape index (κ1) is 14.9. The number of rotatable bonds is 5. The molecular weight excluding hydrogens is 276 g/mol. The van der Waals surface area contributed by atoms with Gasteiger partial charge in [-0.25, -0.2) is 4.98 Å². The van der Waals surface area contributed by atoms with Gasteiger partial charge in [0.1, 0.15) is 5.82 Å². The van der Waals surface area contributed by atoms with Crippen molar-refractivity contribution in [1.82, 2.24) is 14.9 Å². The zero-order chi connectivity index (χ0) is 15.2. The third-order valence-corrected chi connectivity index (χ3v) is 3.95. The maximum Gasteiger partial charge on any atom is 0.123 e. The van der Waals surface area contributed by atoms with E-state index in [1.807, 2.05) is 30.6 Å². The van der Waals surface area contributed by atoms with Gasteiger partial charge in [-0.05, 0) is 42.2 Å². The molecule has 1 aliphatic rings. The second-order valence-corrected chi connectivity index (χ2v) is 5.72. The van der Waals surface area contributed by atoms with Crippen molar-refractivity contribution in [1.29, 1.82) is 0 Å². The molecule has 1 fully saturated rings. The van der Waals surface area contributed by atoms with Gasteiger partial charge < -0.3 is 10.5 Å². The van der Waals surface area contributed by atoms with Gasteiger partial charge in [0, 0.05) is 38.2 Å². The number of hydrogen-bond acceptors (Lipinski definition) is 5. The molecule has 0 amide bonds. The van der Waals surface area contributed by atoms with Crippen molar-refractivity contribution in [3.8, 4) is 0 Å². The fraction of sp³-hybridized carbons (Fsp3) is 0.412. The molecule has 116 valence electrons. The van der Waals surface area contributed by atoms with Gasteiger partial charge in [-0.1, -0.05) is 6.07 Å². The minimum absolute atomic E-state index is 0.278. The zero-order valence-electron chi connectivity index (χ0n) is 12.7. The van der Waals surface area contributed by atoms with Crippen molar-refractivity contribution in [3.05, 3.63) is 54.0 Å². The standard InChI is InChI=1S/C17H22N4O/c18-17-10-14(5-7-20-17)3-4-16-13-21(8-9-22-16)12-15-2-1-6-19-11-15/h1-2,5-7,10-11,16H,3-4,8-9,12-13H2,(H2,18,20)/t16-/m0/s1. The summed E-state index contributed by atoms with van der Waals surface area (Å²) in [7, 11) is 0. The Labute approximate surface area is 131 Å². The molecule has 3 heterocycles. The predicted octanol–water partition coefficient (Wildman–Crippen LogP) is 1.89. The number of ether oxygens (including phenoxy) is 1. The van der Waals surface area contributed by atoms with Gasteiger partial charge in [-0.2, -0.15) is 0 Å². The van der Waals surface area contributed by atoms with Crippen molar-refractivity contribution < 1.29 is 4.74 Å². The molecule has 22 heavy (non-hydrogen) atoms. The first-order valence-electron chi connectivity index (χ1n) is 7.73. The third-order valence-electron chi connectivity index (χ3n) is 3.95. The molecule has 1 aliphatic heterocycles. The quantitative estimate of drug-likeness (QED) is 0.913. The lowest BCUT2D eigenvalue weighted by Crippen LogP contribution is -2.42. The SMILES string of the molecule is Nc1cc(CC[C@H]2CN(Cc3cccnc3)CCO2)ccn1. The van der Waals surface area contributed by atoms with Gasteiger partial charge in [-0.15, -0.1) is 0 Å². The highest BCUT2D eigenvalue weighted by molar-refractivity contribution is 5.31. The summed E-state index contributed by atoms with van der Waals surface area (Å²) < 4.78 is 5.89. The smallest absolute Gasteiger partial charge is 0.123 e. The number of morpholine rings is 1. The molecule has 0 aromatic carbocycles. The van der Waals surface area contributed by atoms with Crippen LogP contribution in [0.1, 0.15) is 17.5 Å².